The maximum absolute atomic E-state index is 10.4. The van der Waals surface area contributed by atoms with E-state index in [1.165, 1.54) is 7.11 Å². The van der Waals surface area contributed by atoms with Gasteiger partial charge in [0.15, 0.2) is 9.76 Å². The number of hydrogen-bond acceptors (Lipinski definition) is 3. The van der Waals surface area contributed by atoms with Gasteiger partial charge in [0.25, 0.3) is 0 Å². The second-order valence-corrected chi connectivity index (χ2v) is 2.93. The molecule has 0 radical (unpaired) electrons. The molecule has 0 aromatic heterocycles. The molecular formula is C5H13NO3Si. The lowest BCUT2D eigenvalue weighted by molar-refractivity contribution is 0.172. The van der Waals surface area contributed by atoms with E-state index in [1.54, 1.807) is 0 Å². The third-order valence-corrected chi connectivity index (χ3v) is 2.06. The Labute approximate surface area is 62.8 Å². The average Bonchev–Trinajstić information content (AvgIpc) is 1.98. The summed E-state index contributed by atoms with van der Waals surface area (Å²) in [6.45, 7) is 2.67. The van der Waals surface area contributed by atoms with Crippen LogP contribution in [0.4, 0.5) is 4.79 Å². The number of alkyl carbamates (subject to hydrolysis) is 1. The Bertz CT molecular complexity index is 98.9. The zero-order valence-corrected chi connectivity index (χ0v) is 7.76. The number of nitrogens with one attached hydrogen (secondary N) is 1. The van der Waals surface area contributed by atoms with Crippen molar-refractivity contribution in [3.05, 3.63) is 0 Å². The summed E-state index contributed by atoms with van der Waals surface area (Å²) in [5.41, 5.74) is 0. The molecule has 0 spiro atoms. The van der Waals surface area contributed by atoms with Crippen LogP contribution in [0.2, 0.25) is 0 Å². The molecular weight excluding hydrogens is 150 g/mol. The summed E-state index contributed by atoms with van der Waals surface area (Å²) in [5.74, 6) is 0. The molecule has 0 unspecified atom stereocenters. The lowest BCUT2D eigenvalue weighted by Crippen LogP contribution is -2.28. The molecule has 0 rings (SSSR count). The van der Waals surface area contributed by atoms with E-state index in [4.69, 9.17) is 4.43 Å². The van der Waals surface area contributed by atoms with Crippen molar-refractivity contribution in [3.8, 4) is 0 Å². The van der Waals surface area contributed by atoms with E-state index in [1.807, 2.05) is 6.92 Å². The van der Waals surface area contributed by atoms with E-state index in [9.17, 15) is 4.79 Å². The topological polar surface area (TPSA) is 47.6 Å². The van der Waals surface area contributed by atoms with Crippen molar-refractivity contribution in [1.82, 2.24) is 5.32 Å². The van der Waals surface area contributed by atoms with Gasteiger partial charge < -0.3 is 14.5 Å². The van der Waals surface area contributed by atoms with Crippen LogP contribution in [0.3, 0.4) is 0 Å². The van der Waals surface area contributed by atoms with Crippen molar-refractivity contribution < 1.29 is 14.0 Å². The van der Waals surface area contributed by atoms with Gasteiger partial charge in [0.1, 0.15) is 0 Å². The Morgan fingerprint density at radius 1 is 1.70 bits per heavy atom. The first kappa shape index (κ1) is 9.45. The van der Waals surface area contributed by atoms with E-state index in [0.717, 1.165) is 6.61 Å². The first-order valence-electron chi connectivity index (χ1n) is 3.20. The van der Waals surface area contributed by atoms with Crippen molar-refractivity contribution in [1.29, 1.82) is 0 Å². The van der Waals surface area contributed by atoms with E-state index >= 15 is 0 Å². The smallest absolute Gasteiger partial charge is 0.406 e. The van der Waals surface area contributed by atoms with Gasteiger partial charge >= 0.3 is 6.09 Å². The SMILES string of the molecule is CCO[SiH2]CNC(=O)OC. The Morgan fingerprint density at radius 3 is 2.90 bits per heavy atom. The predicted octanol–water partition coefficient (Wildman–Crippen LogP) is -0.580. The number of amides is 1. The summed E-state index contributed by atoms with van der Waals surface area (Å²) in [6.07, 6.45) is 0.257. The fourth-order valence-corrected chi connectivity index (χ4v) is 1.18. The largest absolute Gasteiger partial charge is 0.453 e. The number of carbonyl (C=O) groups is 1. The molecule has 0 bridgehead atoms. The maximum Gasteiger partial charge on any atom is 0.406 e. The number of ether oxygens (including phenoxy) is 1. The van der Waals surface area contributed by atoms with Gasteiger partial charge in [0.05, 0.1) is 7.11 Å². The molecule has 0 aliphatic rings. The number of methoxy groups -OCH3 is 1. The Hall–Kier alpha value is -0.553. The highest BCUT2D eigenvalue weighted by molar-refractivity contribution is 6.27. The molecule has 1 amide bonds. The van der Waals surface area contributed by atoms with Gasteiger partial charge in [0.2, 0.25) is 0 Å². The van der Waals surface area contributed by atoms with Gasteiger partial charge in [-0.2, -0.15) is 0 Å². The quantitative estimate of drug-likeness (QED) is 0.445. The molecule has 0 heterocycles. The first-order valence-corrected chi connectivity index (χ1v) is 4.78. The second kappa shape index (κ2) is 6.57. The second-order valence-electron chi connectivity index (χ2n) is 1.62. The highest BCUT2D eigenvalue weighted by Crippen LogP contribution is 1.70. The first-order chi connectivity index (χ1) is 4.81. The summed E-state index contributed by atoms with van der Waals surface area (Å²) in [7, 11) is 0.792. The molecule has 0 aromatic rings. The molecule has 4 nitrogen and oxygen atoms in total. The Morgan fingerprint density at radius 2 is 2.40 bits per heavy atom. The Balaban J connectivity index is 2.96. The summed E-state index contributed by atoms with van der Waals surface area (Å²) in [4.78, 5) is 10.4. The minimum absolute atomic E-state index is 0.382. The monoisotopic (exact) mass is 163 g/mol. The van der Waals surface area contributed by atoms with Crippen LogP contribution >= 0.6 is 0 Å². The summed E-state index contributed by atoms with van der Waals surface area (Å²) < 4.78 is 9.44. The number of rotatable bonds is 4. The highest BCUT2D eigenvalue weighted by Gasteiger charge is 1.95. The van der Waals surface area contributed by atoms with E-state index in [0.29, 0.717) is 6.17 Å². The van der Waals surface area contributed by atoms with Gasteiger partial charge in [-0.15, -0.1) is 0 Å². The van der Waals surface area contributed by atoms with E-state index in [2.05, 4.69) is 10.1 Å². The van der Waals surface area contributed by atoms with Crippen LogP contribution < -0.4 is 5.32 Å². The van der Waals surface area contributed by atoms with Crippen molar-refractivity contribution in [2.75, 3.05) is 19.9 Å². The van der Waals surface area contributed by atoms with Crippen molar-refractivity contribution in [2.45, 2.75) is 6.92 Å². The molecule has 10 heavy (non-hydrogen) atoms. The number of carbonyl (C=O) groups excluding carboxylic acids is 1. The van der Waals surface area contributed by atoms with E-state index in [-0.39, 0.29) is 6.09 Å². The Kier molecular flexibility index (Phi) is 6.20. The van der Waals surface area contributed by atoms with Crippen LogP contribution in [0, 0.1) is 0 Å². The molecule has 0 aliphatic carbocycles. The van der Waals surface area contributed by atoms with Crippen LogP contribution in [-0.4, -0.2) is 35.7 Å². The maximum atomic E-state index is 10.4. The minimum atomic E-state index is -0.553. The van der Waals surface area contributed by atoms with Crippen LogP contribution in [0.25, 0.3) is 0 Å². The lowest BCUT2D eigenvalue weighted by Gasteiger charge is -2.01. The van der Waals surface area contributed by atoms with Crippen LogP contribution in [0.1, 0.15) is 6.92 Å². The molecule has 0 atom stereocenters. The van der Waals surface area contributed by atoms with Crippen LogP contribution in [-0.2, 0) is 9.16 Å². The third-order valence-electron chi connectivity index (χ3n) is 0.905. The molecule has 1 N–H and O–H groups in total. The normalized spacial score (nSPS) is 10.2. The summed E-state index contributed by atoms with van der Waals surface area (Å²) >= 11 is 0. The molecule has 0 saturated carbocycles. The third kappa shape index (κ3) is 5.58. The predicted molar refractivity (Wildman–Crippen MR) is 40.6 cm³/mol. The lowest BCUT2D eigenvalue weighted by atomic mass is 10.9. The van der Waals surface area contributed by atoms with Crippen molar-refractivity contribution in [3.63, 3.8) is 0 Å². The van der Waals surface area contributed by atoms with E-state index < -0.39 is 9.76 Å². The fourth-order valence-electron chi connectivity index (χ4n) is 0.442. The van der Waals surface area contributed by atoms with Crippen molar-refractivity contribution in [2.24, 2.45) is 0 Å². The molecule has 0 aliphatic heterocycles. The van der Waals surface area contributed by atoms with Crippen LogP contribution in [0.5, 0.6) is 0 Å². The van der Waals surface area contributed by atoms with Gasteiger partial charge in [-0.1, -0.05) is 0 Å². The van der Waals surface area contributed by atoms with Gasteiger partial charge in [-0.25, -0.2) is 4.79 Å². The summed E-state index contributed by atoms with van der Waals surface area (Å²) in [5, 5.41) is 2.54. The average molecular weight is 163 g/mol. The van der Waals surface area contributed by atoms with Gasteiger partial charge in [-0.05, 0) is 6.92 Å². The molecule has 0 aromatic carbocycles. The van der Waals surface area contributed by atoms with Gasteiger partial charge in [-0.3, -0.25) is 0 Å². The molecule has 0 saturated heterocycles. The zero-order chi connectivity index (χ0) is 7.82. The van der Waals surface area contributed by atoms with Gasteiger partial charge in [0, 0.05) is 12.8 Å². The molecule has 5 heteroatoms. The summed E-state index contributed by atoms with van der Waals surface area (Å²) in [6, 6.07) is 0. The standard InChI is InChI=1S/C5H13NO3Si/c1-3-9-10-4-6-5(7)8-2/h3-4,10H2,1-2H3,(H,6,7). The number of hydrogen-bond donors (Lipinski definition) is 1. The van der Waals surface area contributed by atoms with Crippen LogP contribution in [0.15, 0.2) is 0 Å². The minimum Gasteiger partial charge on any atom is -0.453 e. The van der Waals surface area contributed by atoms with Crippen molar-refractivity contribution >= 4 is 15.9 Å². The molecule has 60 valence electrons. The highest BCUT2D eigenvalue weighted by atomic mass is 28.2. The molecule has 0 fully saturated rings. The zero-order valence-electron chi connectivity index (χ0n) is 6.35. The fraction of sp³-hybridized carbons (Fsp3) is 0.800.